The Hall–Kier alpha value is -2.64. The van der Waals surface area contributed by atoms with Gasteiger partial charge in [0.2, 0.25) is 0 Å². The fourth-order valence-corrected chi connectivity index (χ4v) is 14.3. The Kier molecular flexibility index (Phi) is 14.4. The van der Waals surface area contributed by atoms with E-state index in [4.69, 9.17) is 28.4 Å². The van der Waals surface area contributed by atoms with E-state index in [1.54, 1.807) is 45.6 Å². The van der Waals surface area contributed by atoms with Crippen LogP contribution in [0.2, 0.25) is 0 Å². The van der Waals surface area contributed by atoms with Gasteiger partial charge in [-0.25, -0.2) is 4.79 Å². The number of methoxy groups -OCH3 is 4. The second kappa shape index (κ2) is 19.0. The fraction of sp³-hybridized carbons (Fsp3) is 0.755. The van der Waals surface area contributed by atoms with Gasteiger partial charge in [0.1, 0.15) is 23.9 Å². The summed E-state index contributed by atoms with van der Waals surface area (Å²) in [5.41, 5.74) is -4.00. The van der Waals surface area contributed by atoms with E-state index in [9.17, 15) is 19.8 Å². The van der Waals surface area contributed by atoms with Gasteiger partial charge in [-0.2, -0.15) is 0 Å². The molecule has 1 spiro atoms. The number of fused-ring (bicyclic) bond motifs is 2. The molecule has 1 saturated heterocycles. The minimum Gasteiger partial charge on any atom is -0.455 e. The van der Waals surface area contributed by atoms with Gasteiger partial charge in [-0.15, -0.1) is 0 Å². The first kappa shape index (κ1) is 45.4. The summed E-state index contributed by atoms with van der Waals surface area (Å²) in [5.74, 6) is -2.84. The maximum atomic E-state index is 14.5. The molecule has 7 bridgehead atoms. The first-order chi connectivity index (χ1) is 29.1. The molecule has 5 aliphatic carbocycles. The molecule has 14 atom stereocenters. The summed E-state index contributed by atoms with van der Waals surface area (Å²) in [6.07, 6.45) is 18.3. The van der Waals surface area contributed by atoms with Crippen molar-refractivity contribution in [2.45, 2.75) is 151 Å². The van der Waals surface area contributed by atoms with Crippen molar-refractivity contribution in [2.24, 2.45) is 34.5 Å². The number of hydrogen-bond donors (Lipinski definition) is 2. The van der Waals surface area contributed by atoms with Crippen LogP contribution in [0.5, 0.6) is 0 Å². The number of carbonyl (C=O) groups is 2. The highest BCUT2D eigenvalue weighted by molar-refractivity contribution is 5.89. The third-order valence-electron chi connectivity index (χ3n) is 16.1. The third-order valence-corrected chi connectivity index (χ3v) is 16.1. The van der Waals surface area contributed by atoms with E-state index in [-0.39, 0.29) is 36.3 Å². The van der Waals surface area contributed by atoms with Gasteiger partial charge in [-0.3, -0.25) is 4.79 Å². The van der Waals surface area contributed by atoms with Gasteiger partial charge in [0.05, 0.1) is 24.4 Å². The van der Waals surface area contributed by atoms with Gasteiger partial charge in [-0.1, -0.05) is 81.5 Å². The quantitative estimate of drug-likeness (QED) is 0.0706. The van der Waals surface area contributed by atoms with Crippen LogP contribution in [-0.4, -0.2) is 123 Å². The number of nitrogens with zero attached hydrogens (tertiary/aromatic N) is 1. The smallest absolute Gasteiger partial charge is 0.338 e. The molecule has 0 aromatic heterocycles. The van der Waals surface area contributed by atoms with Crippen LogP contribution in [0.15, 0.2) is 54.6 Å². The highest BCUT2D eigenvalue weighted by atomic mass is 16.6. The van der Waals surface area contributed by atoms with Crippen LogP contribution >= 0.6 is 0 Å². The molecule has 1 aromatic carbocycles. The number of rotatable bonds is 22. The summed E-state index contributed by atoms with van der Waals surface area (Å²) in [6, 6.07) is 8.50. The molecule has 1 aromatic rings. The molecular weight excluding hydrogens is 763 g/mol. The predicted octanol–water partition coefficient (Wildman–Crippen LogP) is 7.08. The average molecular weight is 836 g/mol. The number of hydrogen-bond acceptors (Lipinski definition) is 11. The van der Waals surface area contributed by atoms with Crippen molar-refractivity contribution in [3.05, 3.63) is 60.2 Å². The van der Waals surface area contributed by atoms with Crippen molar-refractivity contribution >= 4 is 11.9 Å². The van der Waals surface area contributed by atoms with Crippen LogP contribution in [0, 0.1) is 34.5 Å². The number of unbranched alkanes of at least 4 members (excludes halogenated alkanes) is 8. The molecule has 6 aliphatic rings. The summed E-state index contributed by atoms with van der Waals surface area (Å²) in [6.45, 7) is 3.46. The number of carbonyl (C=O) groups excluding carboxylic acids is 2. The summed E-state index contributed by atoms with van der Waals surface area (Å²) >= 11 is 0. The molecule has 60 heavy (non-hydrogen) atoms. The first-order valence-corrected chi connectivity index (χ1v) is 23.0. The van der Waals surface area contributed by atoms with Crippen LogP contribution < -0.4 is 0 Å². The molecule has 2 N–H and O–H groups in total. The van der Waals surface area contributed by atoms with E-state index in [2.05, 4.69) is 43.2 Å². The molecule has 11 heteroatoms. The van der Waals surface area contributed by atoms with Gasteiger partial charge in [0.25, 0.3) is 0 Å². The summed E-state index contributed by atoms with van der Waals surface area (Å²) in [4.78, 5) is 30.9. The summed E-state index contributed by atoms with van der Waals surface area (Å²) in [7, 11) is 8.79. The lowest BCUT2D eigenvalue weighted by Crippen LogP contribution is -2.80. The highest BCUT2D eigenvalue weighted by Gasteiger charge is 2.91. The van der Waals surface area contributed by atoms with Crippen LogP contribution in [-0.2, 0) is 33.2 Å². The van der Waals surface area contributed by atoms with Crippen molar-refractivity contribution in [1.29, 1.82) is 0 Å². The number of piperidine rings is 1. The lowest BCUT2D eigenvalue weighted by molar-refractivity contribution is -0.317. The number of likely N-dealkylation sites (tertiary alicyclic amines) is 1. The molecule has 5 saturated carbocycles. The number of allylic oxidation sites excluding steroid dienone is 4. The molecule has 11 nitrogen and oxygen atoms in total. The van der Waals surface area contributed by atoms with Crippen molar-refractivity contribution in [1.82, 2.24) is 4.90 Å². The Morgan fingerprint density at radius 2 is 1.57 bits per heavy atom. The minimum absolute atomic E-state index is 0.117. The number of aliphatic hydroxyl groups is 2. The van der Waals surface area contributed by atoms with Gasteiger partial charge >= 0.3 is 11.9 Å². The second-order valence-electron chi connectivity index (χ2n) is 19.1. The number of ether oxygens (including phenoxy) is 6. The van der Waals surface area contributed by atoms with Crippen molar-refractivity contribution in [2.75, 3.05) is 48.6 Å². The van der Waals surface area contributed by atoms with E-state index in [1.807, 2.05) is 6.07 Å². The van der Waals surface area contributed by atoms with Gasteiger partial charge in [-0.05, 0) is 82.9 Å². The van der Waals surface area contributed by atoms with E-state index in [0.29, 0.717) is 18.6 Å². The zero-order chi connectivity index (χ0) is 42.7. The fourth-order valence-electron chi connectivity index (χ4n) is 14.3. The van der Waals surface area contributed by atoms with Gasteiger partial charge in [0.15, 0.2) is 5.60 Å². The zero-order valence-electron chi connectivity index (χ0n) is 37.1. The molecule has 1 aliphatic heterocycles. The maximum absolute atomic E-state index is 14.5. The lowest BCUT2D eigenvalue weighted by Gasteiger charge is -2.69. The van der Waals surface area contributed by atoms with E-state index in [1.165, 1.54) is 26.4 Å². The third kappa shape index (κ3) is 7.33. The normalized spacial score (nSPS) is 40.1. The standard InChI is InChI=1S/C49H73NO10/c1-7-8-9-10-11-12-13-14-15-16-17-18-19-20-24-27-36(51)60-49-37-34(30-47(54,44(58-6)42(49)52)43(37)59-45(53)33-25-22-21-23-26-33)48-35(56-4)28-29-46(32-55-3)31-50(2)41(48)38(49)39(57-5)40(46)48/h11-12,14-15,21-23,25-26,34-35,37-44,52,54H,7-10,13,16-20,24,27-32H2,1-6H3/b12-11+,15-14+/t34?,35-,37?,38+,39+,40+,41?,42+,43?,44+,46+,47?,48?,49-/m1/s1. The lowest BCUT2D eigenvalue weighted by atomic mass is 9.43. The maximum Gasteiger partial charge on any atom is 0.338 e. The molecule has 0 radical (unpaired) electrons. The van der Waals surface area contributed by atoms with Gasteiger partial charge in [0, 0.05) is 76.0 Å². The molecule has 334 valence electrons. The Labute approximate surface area is 358 Å². The predicted molar refractivity (Wildman–Crippen MR) is 228 cm³/mol. The highest BCUT2D eigenvalue weighted by Crippen LogP contribution is 2.80. The van der Waals surface area contributed by atoms with Crippen molar-refractivity contribution in [3.8, 4) is 0 Å². The molecule has 0 amide bonds. The zero-order valence-corrected chi connectivity index (χ0v) is 37.1. The molecule has 7 rings (SSSR count). The molecule has 1 heterocycles. The minimum atomic E-state index is -1.78. The largest absolute Gasteiger partial charge is 0.455 e. The average Bonchev–Trinajstić information content (AvgIpc) is 3.64. The number of esters is 2. The van der Waals surface area contributed by atoms with Gasteiger partial charge < -0.3 is 43.5 Å². The van der Waals surface area contributed by atoms with Crippen molar-refractivity contribution < 1.29 is 48.2 Å². The van der Waals surface area contributed by atoms with Crippen molar-refractivity contribution in [3.63, 3.8) is 0 Å². The Morgan fingerprint density at radius 1 is 0.867 bits per heavy atom. The summed E-state index contributed by atoms with van der Waals surface area (Å²) < 4.78 is 38.8. The van der Waals surface area contributed by atoms with Crippen LogP contribution in [0.25, 0.3) is 0 Å². The molecular formula is C49H73NO10. The molecule has 6 fully saturated rings. The van der Waals surface area contributed by atoms with Crippen LogP contribution in [0.1, 0.15) is 114 Å². The Morgan fingerprint density at radius 3 is 2.23 bits per heavy atom. The first-order valence-electron chi connectivity index (χ1n) is 23.0. The van der Waals surface area contributed by atoms with E-state index in [0.717, 1.165) is 64.3 Å². The van der Waals surface area contributed by atoms with E-state index < -0.39 is 70.7 Å². The van der Waals surface area contributed by atoms with E-state index >= 15 is 0 Å². The number of aliphatic hydroxyl groups excluding tert-OH is 1. The summed E-state index contributed by atoms with van der Waals surface area (Å²) in [5, 5.41) is 26.0. The second-order valence-corrected chi connectivity index (χ2v) is 19.1. The van der Waals surface area contributed by atoms with Crippen LogP contribution in [0.4, 0.5) is 0 Å². The number of benzene rings is 1. The SMILES string of the molecule is CCCCC/C=C/C/C=C/CCCCCCCC(=O)O[C@]12C3C(OC(=O)c4ccccc4)C(O)(CC3C34C5[C@@H]1[C@H](OC)[C@H]3[C@@](COC)(CC[C@H]4OC)CN5C)[C@@H](OC)[C@@H]2O. The molecule has 6 unspecified atom stereocenters. The van der Waals surface area contributed by atoms with Crippen LogP contribution in [0.3, 0.4) is 0 Å². The topological polar surface area (TPSA) is 133 Å². The monoisotopic (exact) mass is 836 g/mol. The Balaban J connectivity index is 1.17. The Bertz CT molecular complexity index is 1670.